The summed E-state index contributed by atoms with van der Waals surface area (Å²) < 4.78 is 5.76. The van der Waals surface area contributed by atoms with Gasteiger partial charge in [0.15, 0.2) is 0 Å². The van der Waals surface area contributed by atoms with E-state index in [1.807, 2.05) is 36.4 Å². The van der Waals surface area contributed by atoms with Crippen LogP contribution < -0.4 is 5.32 Å². The van der Waals surface area contributed by atoms with Gasteiger partial charge in [-0.3, -0.25) is 9.69 Å². The number of ether oxygens (including phenoxy) is 1. The normalized spacial score (nSPS) is 28.0. The highest BCUT2D eigenvalue weighted by Gasteiger charge is 2.37. The quantitative estimate of drug-likeness (QED) is 0.797. The number of benzene rings is 1. The van der Waals surface area contributed by atoms with Gasteiger partial charge in [-0.2, -0.15) is 0 Å². The molecule has 2 saturated heterocycles. The number of aliphatic hydroxyl groups is 1. The molecule has 2 N–H and O–H groups in total. The van der Waals surface area contributed by atoms with Gasteiger partial charge in [0.1, 0.15) is 0 Å². The van der Waals surface area contributed by atoms with Crippen molar-refractivity contribution >= 4 is 12.0 Å². The smallest absolute Gasteiger partial charge is 0.244 e. The lowest BCUT2D eigenvalue weighted by Gasteiger charge is -2.34. The summed E-state index contributed by atoms with van der Waals surface area (Å²) >= 11 is 0. The predicted octanol–water partition coefficient (Wildman–Crippen LogP) is 1.04. The lowest BCUT2D eigenvalue weighted by molar-refractivity contribution is -0.117. The van der Waals surface area contributed by atoms with Crippen molar-refractivity contribution in [3.63, 3.8) is 0 Å². The fourth-order valence-electron chi connectivity index (χ4n) is 3.35. The molecule has 2 heterocycles. The first-order chi connectivity index (χ1) is 11.2. The van der Waals surface area contributed by atoms with Crippen molar-refractivity contribution in [2.75, 3.05) is 26.3 Å². The van der Waals surface area contributed by atoms with Gasteiger partial charge in [-0.05, 0) is 24.5 Å². The predicted molar refractivity (Wildman–Crippen MR) is 88.8 cm³/mol. The minimum absolute atomic E-state index is 0.0495. The summed E-state index contributed by atoms with van der Waals surface area (Å²) in [6.45, 7) is 2.56. The third-order valence-corrected chi connectivity index (χ3v) is 4.51. The van der Waals surface area contributed by atoms with E-state index in [0.717, 1.165) is 25.1 Å². The number of nitrogens with zero attached hydrogens (tertiary/aromatic N) is 1. The molecule has 1 aromatic rings. The third kappa shape index (κ3) is 4.41. The topological polar surface area (TPSA) is 61.8 Å². The van der Waals surface area contributed by atoms with E-state index in [-0.39, 0.29) is 24.7 Å². The second-order valence-corrected chi connectivity index (χ2v) is 6.26. The van der Waals surface area contributed by atoms with Crippen LogP contribution in [0.2, 0.25) is 0 Å². The summed E-state index contributed by atoms with van der Waals surface area (Å²) in [4.78, 5) is 14.4. The molecule has 5 heteroatoms. The van der Waals surface area contributed by atoms with Crippen LogP contribution in [-0.4, -0.2) is 60.4 Å². The fourth-order valence-corrected chi connectivity index (χ4v) is 3.35. The Kier molecular flexibility index (Phi) is 5.43. The summed E-state index contributed by atoms with van der Waals surface area (Å²) in [6, 6.07) is 10.4. The molecule has 3 rings (SSSR count). The SMILES string of the molecule is O=C(/C=C/c1ccccc1)N[C@@H]1C[C@H]2CO[C@@H](CCO)CN2C1. The van der Waals surface area contributed by atoms with Crippen molar-refractivity contribution in [3.05, 3.63) is 42.0 Å². The zero-order chi connectivity index (χ0) is 16.1. The number of hydrogen-bond acceptors (Lipinski definition) is 4. The van der Waals surface area contributed by atoms with Gasteiger partial charge >= 0.3 is 0 Å². The zero-order valence-corrected chi connectivity index (χ0v) is 13.2. The van der Waals surface area contributed by atoms with Crippen LogP contribution in [0.1, 0.15) is 18.4 Å². The highest BCUT2D eigenvalue weighted by Crippen LogP contribution is 2.24. The van der Waals surface area contributed by atoms with Crippen molar-refractivity contribution in [1.82, 2.24) is 10.2 Å². The van der Waals surface area contributed by atoms with E-state index in [2.05, 4.69) is 10.2 Å². The van der Waals surface area contributed by atoms with Crippen LogP contribution in [0.3, 0.4) is 0 Å². The number of amides is 1. The van der Waals surface area contributed by atoms with Crippen molar-refractivity contribution in [1.29, 1.82) is 0 Å². The zero-order valence-electron chi connectivity index (χ0n) is 13.2. The first kappa shape index (κ1) is 16.2. The molecule has 1 amide bonds. The van der Waals surface area contributed by atoms with E-state index < -0.39 is 0 Å². The van der Waals surface area contributed by atoms with Gasteiger partial charge in [0.25, 0.3) is 0 Å². The Morgan fingerprint density at radius 2 is 2.17 bits per heavy atom. The van der Waals surface area contributed by atoms with Crippen LogP contribution in [0.4, 0.5) is 0 Å². The standard InChI is InChI=1S/C18H24N2O3/c21-9-8-17-12-20-11-15(10-16(20)13-23-17)19-18(22)7-6-14-4-2-1-3-5-14/h1-7,15-17,21H,8-13H2,(H,19,22)/b7-6+/t15-,16+,17+/m1/s1. The van der Waals surface area contributed by atoms with E-state index in [0.29, 0.717) is 19.1 Å². The maximum absolute atomic E-state index is 12.1. The Morgan fingerprint density at radius 1 is 1.35 bits per heavy atom. The molecule has 0 bridgehead atoms. The minimum Gasteiger partial charge on any atom is -0.396 e. The Morgan fingerprint density at radius 3 is 2.96 bits per heavy atom. The van der Waals surface area contributed by atoms with Gasteiger partial charge in [0.05, 0.1) is 12.7 Å². The van der Waals surface area contributed by atoms with E-state index >= 15 is 0 Å². The van der Waals surface area contributed by atoms with Crippen LogP contribution >= 0.6 is 0 Å². The Hall–Kier alpha value is -1.69. The van der Waals surface area contributed by atoms with Crippen molar-refractivity contribution in [2.24, 2.45) is 0 Å². The van der Waals surface area contributed by atoms with Crippen molar-refractivity contribution in [2.45, 2.75) is 31.0 Å². The van der Waals surface area contributed by atoms with E-state index in [9.17, 15) is 4.79 Å². The first-order valence-corrected chi connectivity index (χ1v) is 8.24. The summed E-state index contributed by atoms with van der Waals surface area (Å²) in [5.41, 5.74) is 1.02. The lowest BCUT2D eigenvalue weighted by atomic mass is 10.1. The molecule has 1 aromatic carbocycles. The van der Waals surface area contributed by atoms with E-state index in [1.54, 1.807) is 6.08 Å². The molecule has 5 nitrogen and oxygen atoms in total. The van der Waals surface area contributed by atoms with Crippen LogP contribution in [0, 0.1) is 0 Å². The van der Waals surface area contributed by atoms with Crippen molar-refractivity contribution < 1.29 is 14.6 Å². The number of nitrogens with one attached hydrogen (secondary N) is 1. The second kappa shape index (κ2) is 7.73. The number of aliphatic hydroxyl groups excluding tert-OH is 1. The molecule has 2 aliphatic heterocycles. The highest BCUT2D eigenvalue weighted by molar-refractivity contribution is 5.91. The van der Waals surface area contributed by atoms with Crippen LogP contribution in [-0.2, 0) is 9.53 Å². The largest absolute Gasteiger partial charge is 0.396 e. The molecule has 0 spiro atoms. The van der Waals surface area contributed by atoms with E-state index in [4.69, 9.17) is 9.84 Å². The third-order valence-electron chi connectivity index (χ3n) is 4.51. The second-order valence-electron chi connectivity index (χ2n) is 6.26. The Balaban J connectivity index is 1.48. The Bertz CT molecular complexity index is 546. The molecular formula is C18H24N2O3. The number of carbonyl (C=O) groups is 1. The first-order valence-electron chi connectivity index (χ1n) is 8.24. The monoisotopic (exact) mass is 316 g/mol. The van der Waals surface area contributed by atoms with Gasteiger partial charge < -0.3 is 15.2 Å². The van der Waals surface area contributed by atoms with Gasteiger partial charge in [-0.15, -0.1) is 0 Å². The van der Waals surface area contributed by atoms with Gasteiger partial charge in [0.2, 0.25) is 5.91 Å². The summed E-state index contributed by atoms with van der Waals surface area (Å²) in [7, 11) is 0. The number of fused-ring (bicyclic) bond motifs is 1. The number of rotatable bonds is 5. The molecule has 0 aliphatic carbocycles. The molecule has 3 atom stereocenters. The average Bonchev–Trinajstić information content (AvgIpc) is 2.95. The molecule has 2 fully saturated rings. The lowest BCUT2D eigenvalue weighted by Crippen LogP contribution is -2.46. The van der Waals surface area contributed by atoms with Crippen LogP contribution in [0.5, 0.6) is 0 Å². The van der Waals surface area contributed by atoms with Crippen molar-refractivity contribution in [3.8, 4) is 0 Å². The highest BCUT2D eigenvalue weighted by atomic mass is 16.5. The molecule has 0 saturated carbocycles. The Labute approximate surface area is 136 Å². The maximum atomic E-state index is 12.1. The van der Waals surface area contributed by atoms with Gasteiger partial charge in [-0.25, -0.2) is 0 Å². The van der Waals surface area contributed by atoms with Crippen LogP contribution in [0.25, 0.3) is 6.08 Å². The fraction of sp³-hybridized carbons (Fsp3) is 0.500. The summed E-state index contributed by atoms with van der Waals surface area (Å²) in [5, 5.41) is 12.1. The van der Waals surface area contributed by atoms with E-state index in [1.165, 1.54) is 0 Å². The molecule has 2 aliphatic rings. The number of hydrogen-bond donors (Lipinski definition) is 2. The molecule has 124 valence electrons. The molecule has 0 radical (unpaired) electrons. The maximum Gasteiger partial charge on any atom is 0.244 e. The summed E-state index contributed by atoms with van der Waals surface area (Å²) in [5.74, 6) is -0.0495. The molecule has 0 aromatic heterocycles. The molecule has 0 unspecified atom stereocenters. The average molecular weight is 316 g/mol. The van der Waals surface area contributed by atoms with Crippen LogP contribution in [0.15, 0.2) is 36.4 Å². The number of morpholine rings is 1. The number of carbonyl (C=O) groups excluding carboxylic acids is 1. The molecular weight excluding hydrogens is 292 g/mol. The summed E-state index contributed by atoms with van der Waals surface area (Å²) in [6.07, 6.45) is 5.15. The minimum atomic E-state index is -0.0495. The van der Waals surface area contributed by atoms with Gasteiger partial charge in [-0.1, -0.05) is 30.3 Å². The molecule has 23 heavy (non-hydrogen) atoms. The van der Waals surface area contributed by atoms with Gasteiger partial charge in [0, 0.05) is 37.9 Å².